The van der Waals surface area contributed by atoms with Crippen LogP contribution >= 0.6 is 0 Å². The fourth-order valence-electron chi connectivity index (χ4n) is 3.61. The molecule has 2 aromatic rings. The Hall–Kier alpha value is -2.14. The van der Waals surface area contributed by atoms with Crippen molar-refractivity contribution in [2.24, 2.45) is 0 Å². The highest BCUT2D eigenvalue weighted by Gasteiger charge is 2.49. The zero-order chi connectivity index (χ0) is 16.0. The van der Waals surface area contributed by atoms with Crippen molar-refractivity contribution in [1.82, 2.24) is 9.97 Å². The maximum absolute atomic E-state index is 9.36. The van der Waals surface area contributed by atoms with Crippen LogP contribution in [0.5, 0.6) is 5.75 Å². The molecule has 0 amide bonds. The van der Waals surface area contributed by atoms with Gasteiger partial charge in [-0.1, -0.05) is 6.07 Å². The van der Waals surface area contributed by atoms with Crippen LogP contribution in [-0.2, 0) is 18.6 Å². The predicted octanol–water partition coefficient (Wildman–Crippen LogP) is 2.34. The zero-order valence-electron chi connectivity index (χ0n) is 13.5. The molecule has 5 heteroatoms. The molecule has 1 aromatic heterocycles. The Kier molecular flexibility index (Phi) is 3.27. The van der Waals surface area contributed by atoms with Gasteiger partial charge in [0.1, 0.15) is 18.2 Å². The molecule has 4 rings (SSSR count). The van der Waals surface area contributed by atoms with Crippen molar-refractivity contribution in [3.63, 3.8) is 0 Å². The first kappa shape index (κ1) is 14.5. The third-order valence-corrected chi connectivity index (χ3v) is 4.95. The summed E-state index contributed by atoms with van der Waals surface area (Å²) in [5, 5.41) is 9.36. The lowest BCUT2D eigenvalue weighted by Crippen LogP contribution is -2.38. The van der Waals surface area contributed by atoms with Crippen molar-refractivity contribution in [3.8, 4) is 5.75 Å². The molecule has 1 aliphatic heterocycles. The molecule has 23 heavy (non-hydrogen) atoms. The third-order valence-electron chi connectivity index (χ3n) is 4.95. The maximum atomic E-state index is 9.36. The number of methoxy groups -OCH3 is 1. The number of ether oxygens (including phenoxy) is 1. The second kappa shape index (κ2) is 5.20. The average molecular weight is 311 g/mol. The Morgan fingerprint density at radius 3 is 2.78 bits per heavy atom. The molecule has 1 N–H and O–H groups in total. The monoisotopic (exact) mass is 311 g/mol. The van der Waals surface area contributed by atoms with Gasteiger partial charge in [0.25, 0.3) is 0 Å². The molecule has 2 heterocycles. The smallest absolute Gasteiger partial charge is 0.156 e. The van der Waals surface area contributed by atoms with Crippen molar-refractivity contribution in [3.05, 3.63) is 46.9 Å². The Morgan fingerprint density at radius 2 is 2.09 bits per heavy atom. The van der Waals surface area contributed by atoms with E-state index in [-0.39, 0.29) is 12.0 Å². The van der Waals surface area contributed by atoms with E-state index in [1.54, 1.807) is 7.11 Å². The Balaban J connectivity index is 1.72. The van der Waals surface area contributed by atoms with Crippen LogP contribution in [0.25, 0.3) is 0 Å². The molecule has 0 saturated heterocycles. The van der Waals surface area contributed by atoms with Crippen LogP contribution in [0.2, 0.25) is 0 Å². The van der Waals surface area contributed by atoms with Gasteiger partial charge >= 0.3 is 0 Å². The van der Waals surface area contributed by atoms with Gasteiger partial charge in [-0.25, -0.2) is 9.97 Å². The first-order valence-electron chi connectivity index (χ1n) is 8.01. The average Bonchev–Trinajstić information content (AvgIpc) is 3.34. The minimum Gasteiger partial charge on any atom is -0.497 e. The SMILES string of the molecule is COc1ccc2c(c1)C1(CC1)CN(c1cc(C)nc(CO)n1)C2. The lowest BCUT2D eigenvalue weighted by atomic mass is 9.86. The molecule has 1 saturated carbocycles. The van der Waals surface area contributed by atoms with Crippen molar-refractivity contribution in [1.29, 1.82) is 0 Å². The number of rotatable bonds is 3. The summed E-state index contributed by atoms with van der Waals surface area (Å²) in [6.07, 6.45) is 2.42. The quantitative estimate of drug-likeness (QED) is 0.943. The molecule has 1 spiro atoms. The molecule has 0 radical (unpaired) electrons. The number of hydrogen-bond acceptors (Lipinski definition) is 5. The summed E-state index contributed by atoms with van der Waals surface area (Å²) in [6, 6.07) is 8.40. The Bertz CT molecular complexity index is 756. The van der Waals surface area contributed by atoms with Crippen molar-refractivity contribution >= 4 is 5.82 Å². The minimum absolute atomic E-state index is 0.124. The van der Waals surface area contributed by atoms with Gasteiger partial charge in [-0.05, 0) is 43.0 Å². The standard InChI is InChI=1S/C18H21N3O2/c1-12-7-17(20-16(10-22)19-12)21-9-13-3-4-14(23-2)8-15(13)18(11-21)5-6-18/h3-4,7-8,22H,5-6,9-11H2,1-2H3. The molecule has 1 fully saturated rings. The summed E-state index contributed by atoms with van der Waals surface area (Å²) < 4.78 is 5.40. The molecule has 120 valence electrons. The van der Waals surface area contributed by atoms with Gasteiger partial charge in [-0.15, -0.1) is 0 Å². The van der Waals surface area contributed by atoms with Gasteiger partial charge in [0, 0.05) is 30.3 Å². The van der Waals surface area contributed by atoms with Gasteiger partial charge in [0.05, 0.1) is 7.11 Å². The van der Waals surface area contributed by atoms with E-state index in [1.165, 1.54) is 24.0 Å². The van der Waals surface area contributed by atoms with Crippen LogP contribution in [0.3, 0.4) is 0 Å². The normalized spacial score (nSPS) is 18.0. The first-order valence-corrected chi connectivity index (χ1v) is 8.01. The number of aryl methyl sites for hydroxylation is 1. The molecule has 1 aliphatic carbocycles. The fraction of sp³-hybridized carbons (Fsp3) is 0.444. The van der Waals surface area contributed by atoms with E-state index < -0.39 is 0 Å². The lowest BCUT2D eigenvalue weighted by Gasteiger charge is -2.36. The number of aliphatic hydroxyl groups is 1. The summed E-state index contributed by atoms with van der Waals surface area (Å²) in [5.41, 5.74) is 3.91. The van der Waals surface area contributed by atoms with E-state index in [2.05, 4.69) is 27.0 Å². The van der Waals surface area contributed by atoms with Crippen molar-refractivity contribution in [2.45, 2.75) is 38.3 Å². The largest absolute Gasteiger partial charge is 0.497 e. The van der Waals surface area contributed by atoms with E-state index in [4.69, 9.17) is 4.74 Å². The summed E-state index contributed by atoms with van der Waals surface area (Å²) >= 11 is 0. The summed E-state index contributed by atoms with van der Waals surface area (Å²) in [5.74, 6) is 2.34. The van der Waals surface area contributed by atoms with Crippen molar-refractivity contribution in [2.75, 3.05) is 18.6 Å². The highest BCUT2D eigenvalue weighted by atomic mass is 16.5. The molecular weight excluding hydrogens is 290 g/mol. The summed E-state index contributed by atoms with van der Waals surface area (Å²) in [4.78, 5) is 11.1. The summed E-state index contributed by atoms with van der Waals surface area (Å²) in [7, 11) is 1.72. The van der Waals surface area contributed by atoms with E-state index in [9.17, 15) is 5.11 Å². The van der Waals surface area contributed by atoms with Crippen LogP contribution < -0.4 is 9.64 Å². The number of benzene rings is 1. The minimum atomic E-state index is -0.124. The van der Waals surface area contributed by atoms with Crippen LogP contribution in [-0.4, -0.2) is 28.7 Å². The molecule has 1 aromatic carbocycles. The second-order valence-corrected chi connectivity index (χ2v) is 6.60. The van der Waals surface area contributed by atoms with Gasteiger partial charge < -0.3 is 14.7 Å². The Labute approximate surface area is 136 Å². The van der Waals surface area contributed by atoms with Gasteiger partial charge in [-0.2, -0.15) is 0 Å². The lowest BCUT2D eigenvalue weighted by molar-refractivity contribution is 0.271. The van der Waals surface area contributed by atoms with E-state index in [0.29, 0.717) is 5.82 Å². The first-order chi connectivity index (χ1) is 11.1. The maximum Gasteiger partial charge on any atom is 0.156 e. The number of anilines is 1. The number of fused-ring (bicyclic) bond motifs is 2. The van der Waals surface area contributed by atoms with Gasteiger partial charge in [0.15, 0.2) is 5.82 Å². The van der Waals surface area contributed by atoms with E-state index in [1.807, 2.05) is 19.1 Å². The van der Waals surface area contributed by atoms with Crippen LogP contribution in [0.4, 0.5) is 5.82 Å². The van der Waals surface area contributed by atoms with Gasteiger partial charge in [0.2, 0.25) is 0 Å². The second-order valence-electron chi connectivity index (χ2n) is 6.60. The predicted molar refractivity (Wildman–Crippen MR) is 87.6 cm³/mol. The molecular formula is C18H21N3O2. The van der Waals surface area contributed by atoms with Crippen LogP contribution in [0.15, 0.2) is 24.3 Å². The highest BCUT2D eigenvalue weighted by molar-refractivity contribution is 5.53. The van der Waals surface area contributed by atoms with E-state index in [0.717, 1.165) is 30.4 Å². The Morgan fingerprint density at radius 1 is 1.26 bits per heavy atom. The van der Waals surface area contributed by atoms with Crippen LogP contribution in [0.1, 0.15) is 35.5 Å². The fourth-order valence-corrected chi connectivity index (χ4v) is 3.61. The van der Waals surface area contributed by atoms with Crippen LogP contribution in [0, 0.1) is 6.92 Å². The molecule has 0 atom stereocenters. The summed E-state index contributed by atoms with van der Waals surface area (Å²) in [6.45, 7) is 3.62. The molecule has 5 nitrogen and oxygen atoms in total. The van der Waals surface area contributed by atoms with Gasteiger partial charge in [-0.3, -0.25) is 0 Å². The zero-order valence-corrected chi connectivity index (χ0v) is 13.5. The number of hydrogen-bond donors (Lipinski definition) is 1. The molecule has 2 aliphatic rings. The number of aliphatic hydroxyl groups excluding tert-OH is 1. The number of aromatic nitrogens is 2. The third kappa shape index (κ3) is 2.45. The van der Waals surface area contributed by atoms with Crippen molar-refractivity contribution < 1.29 is 9.84 Å². The highest BCUT2D eigenvalue weighted by Crippen LogP contribution is 2.53. The number of nitrogens with zero attached hydrogens (tertiary/aromatic N) is 3. The molecule has 0 bridgehead atoms. The molecule has 0 unspecified atom stereocenters. The topological polar surface area (TPSA) is 58.5 Å². The van der Waals surface area contributed by atoms with E-state index >= 15 is 0 Å².